The molecule has 0 bridgehead atoms. The van der Waals surface area contributed by atoms with Crippen LogP contribution in [0.2, 0.25) is 0 Å². The number of amides is 2. The summed E-state index contributed by atoms with van der Waals surface area (Å²) in [7, 11) is 0. The van der Waals surface area contributed by atoms with Crippen molar-refractivity contribution in [2.45, 2.75) is 25.9 Å². The molecule has 0 radical (unpaired) electrons. The molecule has 2 fully saturated rings. The molecule has 0 atom stereocenters. The van der Waals surface area contributed by atoms with Crippen molar-refractivity contribution in [1.82, 2.24) is 15.1 Å². The molecule has 2 aromatic rings. The number of carbonyl (C=O) groups excluding carboxylic acids is 2. The number of ether oxygens (including phenoxy) is 1. The molecule has 174 valence electrons. The standard InChI is InChI=1S/C27H33N3O3/c31-26(11-10-22-6-2-1-3-7-22)30-14-12-23(13-15-30)27(32)28-20-24-8-4-5-9-25(24)21-29-16-18-33-19-17-29/h1-11,23H,12-21H2,(H,28,32)/b11-10+. The van der Waals surface area contributed by atoms with E-state index < -0.39 is 0 Å². The van der Waals surface area contributed by atoms with Gasteiger partial charge in [0, 0.05) is 51.3 Å². The maximum Gasteiger partial charge on any atom is 0.246 e. The van der Waals surface area contributed by atoms with Crippen LogP contribution in [0.1, 0.15) is 29.5 Å². The van der Waals surface area contributed by atoms with Crippen molar-refractivity contribution < 1.29 is 14.3 Å². The zero-order valence-corrected chi connectivity index (χ0v) is 19.1. The minimum atomic E-state index is -0.0430. The zero-order valence-electron chi connectivity index (χ0n) is 19.1. The normalized spacial score (nSPS) is 17.9. The molecule has 0 aromatic heterocycles. The van der Waals surface area contributed by atoms with Crippen LogP contribution in [0, 0.1) is 5.92 Å². The number of rotatable bonds is 7. The second-order valence-corrected chi connectivity index (χ2v) is 8.72. The van der Waals surface area contributed by atoms with Gasteiger partial charge in [0.1, 0.15) is 0 Å². The van der Waals surface area contributed by atoms with E-state index in [-0.39, 0.29) is 17.7 Å². The van der Waals surface area contributed by atoms with Gasteiger partial charge in [-0.1, -0.05) is 54.6 Å². The Bertz CT molecular complexity index is 946. The van der Waals surface area contributed by atoms with Gasteiger partial charge in [0.05, 0.1) is 13.2 Å². The van der Waals surface area contributed by atoms with Crippen LogP contribution in [0.3, 0.4) is 0 Å². The molecule has 0 saturated carbocycles. The zero-order chi connectivity index (χ0) is 22.9. The monoisotopic (exact) mass is 447 g/mol. The first-order valence-electron chi connectivity index (χ1n) is 11.9. The van der Waals surface area contributed by atoms with Crippen LogP contribution in [-0.4, -0.2) is 61.0 Å². The van der Waals surface area contributed by atoms with Gasteiger partial charge < -0.3 is 15.0 Å². The molecule has 2 amide bonds. The van der Waals surface area contributed by atoms with E-state index in [0.29, 0.717) is 32.5 Å². The SMILES string of the molecule is O=C(NCc1ccccc1CN1CCOCC1)C1CCN(C(=O)/C=C/c2ccccc2)CC1. The molecule has 2 aliphatic rings. The second-order valence-electron chi connectivity index (χ2n) is 8.72. The summed E-state index contributed by atoms with van der Waals surface area (Å²) < 4.78 is 5.44. The number of benzene rings is 2. The Morgan fingerprint density at radius 3 is 2.30 bits per heavy atom. The van der Waals surface area contributed by atoms with Crippen molar-refractivity contribution in [2.24, 2.45) is 5.92 Å². The van der Waals surface area contributed by atoms with Crippen LogP contribution in [0.5, 0.6) is 0 Å². The Balaban J connectivity index is 1.23. The van der Waals surface area contributed by atoms with Crippen LogP contribution in [-0.2, 0) is 27.4 Å². The average Bonchev–Trinajstić information content (AvgIpc) is 2.88. The average molecular weight is 448 g/mol. The molecule has 2 aromatic carbocycles. The first kappa shape index (κ1) is 23.2. The number of nitrogens with zero attached hydrogens (tertiary/aromatic N) is 2. The van der Waals surface area contributed by atoms with E-state index in [1.54, 1.807) is 6.08 Å². The third-order valence-electron chi connectivity index (χ3n) is 6.46. The van der Waals surface area contributed by atoms with Gasteiger partial charge in [-0.2, -0.15) is 0 Å². The van der Waals surface area contributed by atoms with E-state index in [9.17, 15) is 9.59 Å². The van der Waals surface area contributed by atoms with Crippen molar-refractivity contribution in [2.75, 3.05) is 39.4 Å². The summed E-state index contributed by atoms with van der Waals surface area (Å²) >= 11 is 0. The summed E-state index contributed by atoms with van der Waals surface area (Å²) in [6.45, 7) is 6.10. The van der Waals surface area contributed by atoms with Gasteiger partial charge in [-0.25, -0.2) is 0 Å². The van der Waals surface area contributed by atoms with Crippen molar-refractivity contribution in [1.29, 1.82) is 0 Å². The maximum atomic E-state index is 12.8. The molecule has 1 N–H and O–H groups in total. The van der Waals surface area contributed by atoms with Gasteiger partial charge in [-0.05, 0) is 35.6 Å². The van der Waals surface area contributed by atoms with Crippen LogP contribution >= 0.6 is 0 Å². The molecular formula is C27H33N3O3. The summed E-state index contributed by atoms with van der Waals surface area (Å²) in [4.78, 5) is 29.5. The topological polar surface area (TPSA) is 61.9 Å². The van der Waals surface area contributed by atoms with E-state index in [2.05, 4.69) is 28.4 Å². The highest BCUT2D eigenvalue weighted by molar-refractivity contribution is 5.92. The summed E-state index contributed by atoms with van der Waals surface area (Å²) in [5, 5.41) is 3.14. The van der Waals surface area contributed by atoms with Crippen molar-refractivity contribution >= 4 is 17.9 Å². The first-order chi connectivity index (χ1) is 16.2. The summed E-state index contributed by atoms with van der Waals surface area (Å²) in [6.07, 6.45) is 4.87. The summed E-state index contributed by atoms with van der Waals surface area (Å²) in [5.41, 5.74) is 3.43. The number of hydrogen-bond acceptors (Lipinski definition) is 4. The van der Waals surface area contributed by atoms with E-state index >= 15 is 0 Å². The highest BCUT2D eigenvalue weighted by Crippen LogP contribution is 2.19. The first-order valence-corrected chi connectivity index (χ1v) is 11.9. The fourth-order valence-electron chi connectivity index (χ4n) is 4.41. The Hall–Kier alpha value is -2.96. The van der Waals surface area contributed by atoms with Crippen LogP contribution < -0.4 is 5.32 Å². The molecule has 6 nitrogen and oxygen atoms in total. The third-order valence-corrected chi connectivity index (χ3v) is 6.46. The van der Waals surface area contributed by atoms with Crippen molar-refractivity contribution in [3.63, 3.8) is 0 Å². The van der Waals surface area contributed by atoms with Gasteiger partial charge in [0.25, 0.3) is 0 Å². The minimum Gasteiger partial charge on any atom is -0.379 e. The number of piperidine rings is 1. The van der Waals surface area contributed by atoms with E-state index in [0.717, 1.165) is 44.0 Å². The Morgan fingerprint density at radius 1 is 0.909 bits per heavy atom. The third kappa shape index (κ3) is 6.76. The van der Waals surface area contributed by atoms with Crippen LogP contribution in [0.25, 0.3) is 6.08 Å². The quantitative estimate of drug-likeness (QED) is 0.663. The van der Waals surface area contributed by atoms with Crippen LogP contribution in [0.15, 0.2) is 60.7 Å². The van der Waals surface area contributed by atoms with E-state index in [4.69, 9.17) is 4.74 Å². The lowest BCUT2D eigenvalue weighted by Gasteiger charge is -2.31. The van der Waals surface area contributed by atoms with Gasteiger partial charge in [0.15, 0.2) is 0 Å². The Kier molecular flexibility index (Phi) is 8.28. The van der Waals surface area contributed by atoms with E-state index in [1.807, 2.05) is 47.4 Å². The smallest absolute Gasteiger partial charge is 0.246 e. The molecule has 4 rings (SSSR count). The predicted octanol–water partition coefficient (Wildman–Crippen LogP) is 3.09. The molecule has 0 unspecified atom stereocenters. The lowest BCUT2D eigenvalue weighted by atomic mass is 9.95. The van der Waals surface area contributed by atoms with Crippen LogP contribution in [0.4, 0.5) is 0 Å². The molecule has 2 aliphatic heterocycles. The largest absolute Gasteiger partial charge is 0.379 e. The molecular weight excluding hydrogens is 414 g/mol. The number of carbonyl (C=O) groups is 2. The van der Waals surface area contributed by atoms with Gasteiger partial charge in [0.2, 0.25) is 11.8 Å². The predicted molar refractivity (Wildman–Crippen MR) is 129 cm³/mol. The highest BCUT2D eigenvalue weighted by atomic mass is 16.5. The Labute approximate surface area is 196 Å². The number of morpholine rings is 1. The number of hydrogen-bond donors (Lipinski definition) is 1. The second kappa shape index (κ2) is 11.8. The molecule has 2 saturated heterocycles. The number of nitrogens with one attached hydrogen (secondary N) is 1. The fraction of sp³-hybridized carbons (Fsp3) is 0.407. The molecule has 2 heterocycles. The Morgan fingerprint density at radius 2 is 1.58 bits per heavy atom. The lowest BCUT2D eigenvalue weighted by Crippen LogP contribution is -2.42. The molecule has 33 heavy (non-hydrogen) atoms. The van der Waals surface area contributed by atoms with Crippen molar-refractivity contribution in [3.05, 3.63) is 77.4 Å². The molecule has 0 aliphatic carbocycles. The fourth-order valence-corrected chi connectivity index (χ4v) is 4.41. The maximum absolute atomic E-state index is 12.8. The van der Waals surface area contributed by atoms with Gasteiger partial charge in [-0.15, -0.1) is 0 Å². The highest BCUT2D eigenvalue weighted by Gasteiger charge is 2.26. The van der Waals surface area contributed by atoms with E-state index in [1.165, 1.54) is 5.56 Å². The van der Waals surface area contributed by atoms with Gasteiger partial charge in [-0.3, -0.25) is 14.5 Å². The number of likely N-dealkylation sites (tertiary alicyclic amines) is 1. The van der Waals surface area contributed by atoms with Gasteiger partial charge >= 0.3 is 0 Å². The summed E-state index contributed by atoms with van der Waals surface area (Å²) in [6, 6.07) is 18.1. The molecule has 0 spiro atoms. The molecule has 6 heteroatoms. The summed E-state index contributed by atoms with van der Waals surface area (Å²) in [5.74, 6) is 0.0522. The van der Waals surface area contributed by atoms with Crippen molar-refractivity contribution in [3.8, 4) is 0 Å². The lowest BCUT2D eigenvalue weighted by molar-refractivity contribution is -0.132. The minimum absolute atomic E-state index is 0.00903.